The predicted octanol–water partition coefficient (Wildman–Crippen LogP) is 2.92. The number of hydrogen-bond donors (Lipinski definition) is 2. The van der Waals surface area contributed by atoms with Gasteiger partial charge in [-0.2, -0.15) is 13.2 Å². The Labute approximate surface area is 192 Å². The molecular formula is C21H23F3N6O4. The van der Waals surface area contributed by atoms with Crippen molar-refractivity contribution >= 4 is 17.6 Å². The second-order valence-corrected chi connectivity index (χ2v) is 7.64. The highest BCUT2D eigenvalue weighted by Crippen LogP contribution is 2.23. The number of hydrogen-bond acceptors (Lipinski definition) is 6. The number of nitrogens with zero attached hydrogens (tertiary/aromatic N) is 5. The Balaban J connectivity index is 0.000000406. The molecule has 0 radical (unpaired) electrons. The normalized spacial score (nSPS) is 16.2. The van der Waals surface area contributed by atoms with Crippen LogP contribution in [0, 0.1) is 0 Å². The zero-order valence-electron chi connectivity index (χ0n) is 18.4. The molecule has 4 heterocycles. The Morgan fingerprint density at radius 3 is 2.47 bits per heavy atom. The first kappa shape index (κ1) is 24.9. The quantitative estimate of drug-likeness (QED) is 0.591. The van der Waals surface area contributed by atoms with Gasteiger partial charge in [-0.25, -0.2) is 19.1 Å². The van der Waals surface area contributed by atoms with Crippen molar-refractivity contribution in [1.82, 2.24) is 29.8 Å². The van der Waals surface area contributed by atoms with Crippen LogP contribution in [0.15, 0.2) is 42.9 Å². The predicted molar refractivity (Wildman–Crippen MR) is 114 cm³/mol. The highest BCUT2D eigenvalue weighted by molar-refractivity contribution is 5.74. The van der Waals surface area contributed by atoms with Gasteiger partial charge in [0.05, 0.1) is 13.2 Å². The number of urea groups is 1. The van der Waals surface area contributed by atoms with Gasteiger partial charge in [0.1, 0.15) is 6.10 Å². The highest BCUT2D eigenvalue weighted by Gasteiger charge is 2.38. The lowest BCUT2D eigenvalue weighted by atomic mass is 10.1. The van der Waals surface area contributed by atoms with Crippen molar-refractivity contribution in [1.29, 1.82) is 0 Å². The molecule has 0 bridgehead atoms. The molecular weight excluding hydrogens is 457 g/mol. The topological polar surface area (TPSA) is 122 Å². The molecule has 2 N–H and O–H groups in total. The fraction of sp³-hybridized carbons (Fsp3) is 0.381. The van der Waals surface area contributed by atoms with E-state index in [0.717, 1.165) is 16.8 Å². The number of alkyl halides is 3. The van der Waals surface area contributed by atoms with E-state index in [2.05, 4.69) is 20.4 Å². The Bertz CT molecular complexity index is 1140. The number of rotatable bonds is 3. The van der Waals surface area contributed by atoms with Gasteiger partial charge < -0.3 is 20.1 Å². The molecule has 1 atom stereocenters. The number of carboxylic acids is 1. The summed E-state index contributed by atoms with van der Waals surface area (Å²) in [6.45, 7) is 5.36. The van der Waals surface area contributed by atoms with Crippen LogP contribution >= 0.6 is 0 Å². The van der Waals surface area contributed by atoms with E-state index in [9.17, 15) is 18.0 Å². The number of nitrogens with one attached hydrogen (secondary N) is 1. The van der Waals surface area contributed by atoms with Crippen LogP contribution in [-0.2, 0) is 9.53 Å². The zero-order valence-corrected chi connectivity index (χ0v) is 18.4. The molecule has 1 aliphatic rings. The number of carbonyl (C=O) groups excluding carboxylic acids is 1. The molecule has 0 saturated carbocycles. The van der Waals surface area contributed by atoms with Crippen molar-refractivity contribution in [2.24, 2.45) is 0 Å². The molecule has 2 amide bonds. The molecule has 4 rings (SSSR count). The SMILES string of the molecule is CC(C)NC(=O)N1CCOC(c2nc3ccc(-c4ccncc4)cn3n2)C1.O=C(O)C(F)(F)F. The van der Waals surface area contributed by atoms with E-state index < -0.39 is 12.1 Å². The molecule has 3 aromatic rings. The highest BCUT2D eigenvalue weighted by atomic mass is 19.4. The van der Waals surface area contributed by atoms with Crippen molar-refractivity contribution in [2.75, 3.05) is 19.7 Å². The van der Waals surface area contributed by atoms with Crippen LogP contribution in [-0.4, -0.2) is 73.5 Å². The molecule has 13 heteroatoms. The van der Waals surface area contributed by atoms with E-state index in [1.807, 2.05) is 44.3 Å². The van der Waals surface area contributed by atoms with Crippen LogP contribution in [0.3, 0.4) is 0 Å². The van der Waals surface area contributed by atoms with Crippen LogP contribution in [0.25, 0.3) is 16.8 Å². The van der Waals surface area contributed by atoms with Gasteiger partial charge in [0.15, 0.2) is 11.5 Å². The van der Waals surface area contributed by atoms with E-state index in [-0.39, 0.29) is 18.2 Å². The lowest BCUT2D eigenvalue weighted by molar-refractivity contribution is -0.192. The molecule has 34 heavy (non-hydrogen) atoms. The number of pyridine rings is 2. The zero-order chi connectivity index (χ0) is 24.9. The number of aromatic nitrogens is 4. The van der Waals surface area contributed by atoms with E-state index in [0.29, 0.717) is 25.5 Å². The smallest absolute Gasteiger partial charge is 0.475 e. The third kappa shape index (κ3) is 6.41. The first-order valence-corrected chi connectivity index (χ1v) is 10.3. The molecule has 3 aromatic heterocycles. The fourth-order valence-corrected chi connectivity index (χ4v) is 3.08. The van der Waals surface area contributed by atoms with Crippen LogP contribution in [0.4, 0.5) is 18.0 Å². The van der Waals surface area contributed by atoms with Crippen molar-refractivity contribution in [3.63, 3.8) is 0 Å². The average Bonchev–Trinajstić information content (AvgIpc) is 3.22. The Kier molecular flexibility index (Phi) is 7.66. The maximum absolute atomic E-state index is 12.3. The summed E-state index contributed by atoms with van der Waals surface area (Å²) >= 11 is 0. The summed E-state index contributed by atoms with van der Waals surface area (Å²) < 4.78 is 39.3. The lowest BCUT2D eigenvalue weighted by Gasteiger charge is -2.32. The summed E-state index contributed by atoms with van der Waals surface area (Å²) in [5.41, 5.74) is 2.84. The maximum Gasteiger partial charge on any atom is 0.490 e. The summed E-state index contributed by atoms with van der Waals surface area (Å²) in [5.74, 6) is -2.17. The molecule has 10 nitrogen and oxygen atoms in total. The van der Waals surface area contributed by atoms with Crippen molar-refractivity contribution in [3.8, 4) is 11.1 Å². The average molecular weight is 480 g/mol. The minimum atomic E-state index is -5.08. The van der Waals surface area contributed by atoms with Crippen LogP contribution in [0.2, 0.25) is 0 Å². The van der Waals surface area contributed by atoms with Gasteiger partial charge in [-0.15, -0.1) is 5.10 Å². The monoisotopic (exact) mass is 480 g/mol. The second kappa shape index (κ2) is 10.5. The minimum Gasteiger partial charge on any atom is -0.475 e. The molecule has 0 aliphatic carbocycles. The van der Waals surface area contributed by atoms with Gasteiger partial charge in [-0.05, 0) is 43.7 Å². The number of fused-ring (bicyclic) bond motifs is 1. The summed E-state index contributed by atoms with van der Waals surface area (Å²) in [6.07, 6.45) is 0.0476. The number of amides is 2. The van der Waals surface area contributed by atoms with Gasteiger partial charge in [-0.1, -0.05) is 0 Å². The molecule has 182 valence electrons. The Hall–Kier alpha value is -3.74. The van der Waals surface area contributed by atoms with Crippen molar-refractivity contribution in [3.05, 3.63) is 48.7 Å². The molecule has 1 fully saturated rings. The van der Waals surface area contributed by atoms with E-state index >= 15 is 0 Å². The Morgan fingerprint density at radius 1 is 1.18 bits per heavy atom. The maximum atomic E-state index is 12.3. The van der Waals surface area contributed by atoms with Crippen molar-refractivity contribution in [2.45, 2.75) is 32.2 Å². The number of carbonyl (C=O) groups is 2. The molecule has 1 saturated heterocycles. The third-order valence-electron chi connectivity index (χ3n) is 4.66. The fourth-order valence-electron chi connectivity index (χ4n) is 3.08. The number of morpholine rings is 1. The van der Waals surface area contributed by atoms with Gasteiger partial charge in [0, 0.05) is 36.7 Å². The summed E-state index contributed by atoms with van der Waals surface area (Å²) in [7, 11) is 0. The van der Waals surface area contributed by atoms with Gasteiger partial charge in [0.25, 0.3) is 0 Å². The number of ether oxygens (including phenoxy) is 1. The van der Waals surface area contributed by atoms with Crippen LogP contribution in [0.5, 0.6) is 0 Å². The van der Waals surface area contributed by atoms with Crippen molar-refractivity contribution < 1.29 is 32.6 Å². The van der Waals surface area contributed by atoms with Gasteiger partial charge in [-0.3, -0.25) is 4.98 Å². The second-order valence-electron chi connectivity index (χ2n) is 7.64. The van der Waals surface area contributed by atoms with Gasteiger partial charge >= 0.3 is 18.2 Å². The first-order chi connectivity index (χ1) is 16.0. The van der Waals surface area contributed by atoms with E-state index in [1.165, 1.54) is 0 Å². The number of carboxylic acid groups (broad SMARTS) is 1. The van der Waals surface area contributed by atoms with Crippen LogP contribution < -0.4 is 5.32 Å². The molecule has 1 unspecified atom stereocenters. The summed E-state index contributed by atoms with van der Waals surface area (Å²) in [4.78, 5) is 31.5. The number of aliphatic carboxylic acids is 1. The summed E-state index contributed by atoms with van der Waals surface area (Å²) in [5, 5.41) is 14.6. The van der Waals surface area contributed by atoms with E-state index in [4.69, 9.17) is 14.6 Å². The van der Waals surface area contributed by atoms with Gasteiger partial charge in [0.2, 0.25) is 0 Å². The minimum absolute atomic E-state index is 0.0814. The van der Waals surface area contributed by atoms with Crippen LogP contribution in [0.1, 0.15) is 25.8 Å². The standard InChI is InChI=1S/C19H22N6O2.C2HF3O2/c1-13(2)21-19(26)24-9-10-27-16(12-24)18-22-17-4-3-15(11-25(17)23-18)14-5-7-20-8-6-14;3-2(4,5)1(6)7/h3-8,11,13,16H,9-10,12H2,1-2H3,(H,21,26);(H,6,7). The lowest BCUT2D eigenvalue weighted by Crippen LogP contribution is -2.49. The first-order valence-electron chi connectivity index (χ1n) is 10.3. The molecule has 1 aliphatic heterocycles. The molecule has 0 aromatic carbocycles. The Morgan fingerprint density at radius 2 is 1.85 bits per heavy atom. The summed E-state index contributed by atoms with van der Waals surface area (Å²) in [6, 6.07) is 7.86. The third-order valence-corrected chi connectivity index (χ3v) is 4.66. The molecule has 0 spiro atoms. The number of halogens is 3. The largest absolute Gasteiger partial charge is 0.490 e. The van der Waals surface area contributed by atoms with E-state index in [1.54, 1.807) is 21.8 Å².